The van der Waals surface area contributed by atoms with Gasteiger partial charge in [0.1, 0.15) is 6.61 Å². The first-order valence-corrected chi connectivity index (χ1v) is 26.0. The zero-order chi connectivity index (χ0) is 46.7. The number of carbonyl (C=O) groups excluding carboxylic acids is 2. The SMILES string of the molecule is CC/C=C\C/C=C\C/C=C\C/C=C\C/C=C\C/C=C\C/C=C\C/C=C\C/C=C\C/C=C\CCCCC(=O)OC(COC(=O)CCCCCCCCCCCC)COP(=O)(O)OCCN. The first kappa shape index (κ1) is 60.4. The lowest BCUT2D eigenvalue weighted by molar-refractivity contribution is -0.161. The van der Waals surface area contributed by atoms with E-state index in [2.05, 4.69) is 135 Å². The van der Waals surface area contributed by atoms with Crippen LogP contribution in [-0.4, -0.2) is 49.3 Å². The fraction of sp³-hybridized carbons (Fsp3) is 0.593. The van der Waals surface area contributed by atoms with Crippen LogP contribution in [0, 0.1) is 0 Å². The summed E-state index contributed by atoms with van der Waals surface area (Å²) in [4.78, 5) is 34.8. The zero-order valence-corrected chi connectivity index (χ0v) is 40.9. The molecule has 0 rings (SSSR count). The first-order chi connectivity index (χ1) is 31.3. The number of phosphoric acid groups is 1. The van der Waals surface area contributed by atoms with Crippen molar-refractivity contribution in [2.75, 3.05) is 26.4 Å². The second kappa shape index (κ2) is 48.9. The molecule has 362 valence electrons. The van der Waals surface area contributed by atoms with E-state index in [1.165, 1.54) is 44.9 Å². The van der Waals surface area contributed by atoms with Gasteiger partial charge < -0.3 is 20.1 Å². The standard InChI is InChI=1S/C54H88NO8P/c1-3-5-7-9-11-13-15-16-17-18-19-20-21-22-23-24-25-26-27-28-29-30-31-32-33-34-35-36-37-39-41-43-45-47-54(57)63-52(51-62-64(58,59)61-49-48-55)50-60-53(56)46-44-42-40-38-14-12-10-8-6-4-2/h5,7,11,13,16-17,19-20,22-23,25-26,28-29,31-32,34-35,37,39,52H,3-4,6,8-10,12,14-15,18,21,24,27,30,33,36,38,40-51,55H2,1-2H3,(H,58,59)/b7-5-,13-11-,17-16-,20-19-,23-22-,26-25-,29-28-,32-31-,35-34-,39-37-. The van der Waals surface area contributed by atoms with Gasteiger partial charge in [0.25, 0.3) is 0 Å². The van der Waals surface area contributed by atoms with E-state index in [4.69, 9.17) is 24.3 Å². The third-order valence-corrected chi connectivity index (χ3v) is 10.6. The van der Waals surface area contributed by atoms with Gasteiger partial charge in [0, 0.05) is 19.4 Å². The molecule has 64 heavy (non-hydrogen) atoms. The highest BCUT2D eigenvalue weighted by Crippen LogP contribution is 2.43. The highest BCUT2D eigenvalue weighted by Gasteiger charge is 2.26. The lowest BCUT2D eigenvalue weighted by Gasteiger charge is -2.19. The Morgan fingerprint density at radius 2 is 0.859 bits per heavy atom. The molecular formula is C54H88NO8P. The molecule has 0 saturated heterocycles. The molecule has 9 nitrogen and oxygen atoms in total. The van der Waals surface area contributed by atoms with Crippen LogP contribution >= 0.6 is 7.82 Å². The Kier molecular flexibility index (Phi) is 46.1. The molecule has 0 aliphatic carbocycles. The van der Waals surface area contributed by atoms with Crippen LogP contribution in [0.25, 0.3) is 0 Å². The summed E-state index contributed by atoms with van der Waals surface area (Å²) in [5.41, 5.74) is 5.35. The van der Waals surface area contributed by atoms with Gasteiger partial charge in [0.15, 0.2) is 6.10 Å². The third-order valence-electron chi connectivity index (χ3n) is 9.61. The third kappa shape index (κ3) is 47.9. The van der Waals surface area contributed by atoms with Crippen molar-refractivity contribution in [3.8, 4) is 0 Å². The number of phosphoric ester groups is 1. The minimum absolute atomic E-state index is 0.0404. The van der Waals surface area contributed by atoms with Crippen molar-refractivity contribution in [2.45, 2.75) is 180 Å². The van der Waals surface area contributed by atoms with E-state index in [0.29, 0.717) is 6.42 Å². The van der Waals surface area contributed by atoms with E-state index in [9.17, 15) is 19.0 Å². The summed E-state index contributed by atoms with van der Waals surface area (Å²) in [6.07, 6.45) is 66.8. The average molecular weight is 910 g/mol. The fourth-order valence-corrected chi connectivity index (χ4v) is 6.78. The van der Waals surface area contributed by atoms with Crippen molar-refractivity contribution < 1.29 is 37.6 Å². The summed E-state index contributed by atoms with van der Waals surface area (Å²) in [6, 6.07) is 0. The zero-order valence-electron chi connectivity index (χ0n) is 40.0. The first-order valence-electron chi connectivity index (χ1n) is 24.5. The Morgan fingerprint density at radius 1 is 0.484 bits per heavy atom. The van der Waals surface area contributed by atoms with Gasteiger partial charge in [-0.25, -0.2) is 4.57 Å². The van der Waals surface area contributed by atoms with Crippen molar-refractivity contribution >= 4 is 19.8 Å². The number of rotatable bonds is 44. The summed E-state index contributed by atoms with van der Waals surface area (Å²) < 4.78 is 32.7. The summed E-state index contributed by atoms with van der Waals surface area (Å²) in [5.74, 6) is -0.892. The van der Waals surface area contributed by atoms with Gasteiger partial charge >= 0.3 is 19.8 Å². The molecule has 0 fully saturated rings. The van der Waals surface area contributed by atoms with E-state index in [0.717, 1.165) is 96.3 Å². The topological polar surface area (TPSA) is 134 Å². The van der Waals surface area contributed by atoms with Gasteiger partial charge in [-0.1, -0.05) is 193 Å². The summed E-state index contributed by atoms with van der Waals surface area (Å²) in [7, 11) is -4.40. The highest BCUT2D eigenvalue weighted by atomic mass is 31.2. The number of hydrogen-bond acceptors (Lipinski definition) is 8. The summed E-state index contributed by atoms with van der Waals surface area (Å²) in [6.45, 7) is 3.52. The number of allylic oxidation sites excluding steroid dienone is 20. The Morgan fingerprint density at radius 3 is 1.28 bits per heavy atom. The van der Waals surface area contributed by atoms with E-state index >= 15 is 0 Å². The number of esters is 2. The van der Waals surface area contributed by atoms with Crippen molar-refractivity contribution in [3.05, 3.63) is 122 Å². The van der Waals surface area contributed by atoms with Crippen LogP contribution in [0.5, 0.6) is 0 Å². The van der Waals surface area contributed by atoms with Gasteiger partial charge in [0.05, 0.1) is 13.2 Å². The van der Waals surface area contributed by atoms with E-state index in [-0.39, 0.29) is 32.6 Å². The van der Waals surface area contributed by atoms with Crippen LogP contribution in [0.15, 0.2) is 122 Å². The molecule has 2 atom stereocenters. The fourth-order valence-electron chi connectivity index (χ4n) is 6.01. The van der Waals surface area contributed by atoms with E-state index in [1.54, 1.807) is 0 Å². The maximum Gasteiger partial charge on any atom is 0.472 e. The minimum Gasteiger partial charge on any atom is -0.462 e. The smallest absolute Gasteiger partial charge is 0.462 e. The number of carbonyl (C=O) groups is 2. The predicted octanol–water partition coefficient (Wildman–Crippen LogP) is 14.9. The van der Waals surface area contributed by atoms with Crippen molar-refractivity contribution in [1.82, 2.24) is 0 Å². The van der Waals surface area contributed by atoms with Crippen LogP contribution in [-0.2, 0) is 32.7 Å². The molecule has 3 N–H and O–H groups in total. The molecule has 0 aliphatic heterocycles. The van der Waals surface area contributed by atoms with Crippen LogP contribution in [0.3, 0.4) is 0 Å². The summed E-state index contributed by atoms with van der Waals surface area (Å²) >= 11 is 0. The Balaban J connectivity index is 4.14. The molecule has 0 amide bonds. The second-order valence-corrected chi connectivity index (χ2v) is 17.1. The highest BCUT2D eigenvalue weighted by molar-refractivity contribution is 7.47. The molecule has 0 heterocycles. The van der Waals surface area contributed by atoms with Crippen molar-refractivity contribution in [2.24, 2.45) is 5.73 Å². The minimum atomic E-state index is -4.40. The molecule has 0 saturated carbocycles. The van der Waals surface area contributed by atoms with Crippen molar-refractivity contribution in [1.29, 1.82) is 0 Å². The average Bonchev–Trinajstić information content (AvgIpc) is 3.28. The van der Waals surface area contributed by atoms with Gasteiger partial charge in [-0.05, 0) is 89.9 Å². The van der Waals surface area contributed by atoms with Crippen LogP contribution in [0.4, 0.5) is 0 Å². The Labute approximate surface area is 390 Å². The van der Waals surface area contributed by atoms with Gasteiger partial charge in [-0.15, -0.1) is 0 Å². The number of nitrogens with two attached hydrogens (primary N) is 1. The molecule has 0 bridgehead atoms. The molecule has 0 aromatic carbocycles. The lowest BCUT2D eigenvalue weighted by atomic mass is 10.1. The second-order valence-electron chi connectivity index (χ2n) is 15.6. The number of ether oxygens (including phenoxy) is 2. The molecule has 0 radical (unpaired) electrons. The molecule has 0 spiro atoms. The maximum absolute atomic E-state index is 12.6. The largest absolute Gasteiger partial charge is 0.472 e. The van der Waals surface area contributed by atoms with Gasteiger partial charge in [0.2, 0.25) is 0 Å². The summed E-state index contributed by atoms with van der Waals surface area (Å²) in [5, 5.41) is 0. The van der Waals surface area contributed by atoms with Gasteiger partial charge in [-0.3, -0.25) is 18.6 Å². The van der Waals surface area contributed by atoms with Crippen molar-refractivity contribution in [3.63, 3.8) is 0 Å². The van der Waals surface area contributed by atoms with Crippen LogP contribution in [0.2, 0.25) is 0 Å². The lowest BCUT2D eigenvalue weighted by Crippen LogP contribution is -2.29. The van der Waals surface area contributed by atoms with Crippen LogP contribution in [0.1, 0.15) is 174 Å². The molecular weight excluding hydrogens is 822 g/mol. The quantitative estimate of drug-likeness (QED) is 0.0265. The number of hydrogen-bond donors (Lipinski definition) is 2. The Bertz CT molecular complexity index is 1450. The molecule has 0 aliphatic rings. The predicted molar refractivity (Wildman–Crippen MR) is 270 cm³/mol. The monoisotopic (exact) mass is 910 g/mol. The molecule has 2 unspecified atom stereocenters. The Hall–Kier alpha value is -3.59. The van der Waals surface area contributed by atoms with Gasteiger partial charge in [-0.2, -0.15) is 0 Å². The van der Waals surface area contributed by atoms with Crippen LogP contribution < -0.4 is 5.73 Å². The number of unbranched alkanes of at least 4 members (excludes halogenated alkanes) is 11. The van der Waals surface area contributed by atoms with E-state index < -0.39 is 32.5 Å². The molecule has 0 aromatic heterocycles. The normalized spacial score (nSPS) is 14.2. The molecule has 0 aromatic rings. The maximum atomic E-state index is 12.6. The van der Waals surface area contributed by atoms with E-state index in [1.807, 2.05) is 0 Å². The molecule has 10 heteroatoms.